The van der Waals surface area contributed by atoms with Crippen molar-refractivity contribution in [1.82, 2.24) is 5.32 Å². The van der Waals surface area contributed by atoms with E-state index in [9.17, 15) is 9.59 Å². The SMILES string of the molecule is CC(C)c1ccc(OCC(=O)Nc2cccc3c(Cl)c(C(=O)NC(C)(C)C)sc23)cc1. The van der Waals surface area contributed by atoms with Gasteiger partial charge in [0.2, 0.25) is 0 Å². The van der Waals surface area contributed by atoms with Gasteiger partial charge < -0.3 is 15.4 Å². The van der Waals surface area contributed by atoms with Crippen molar-refractivity contribution >= 4 is 50.5 Å². The summed E-state index contributed by atoms with van der Waals surface area (Å²) < 4.78 is 6.36. The van der Waals surface area contributed by atoms with Crippen molar-refractivity contribution < 1.29 is 14.3 Å². The van der Waals surface area contributed by atoms with Gasteiger partial charge in [-0.15, -0.1) is 11.3 Å². The molecule has 0 atom stereocenters. The summed E-state index contributed by atoms with van der Waals surface area (Å²) in [4.78, 5) is 25.5. The third-order valence-electron chi connectivity index (χ3n) is 4.54. The number of hydrogen-bond donors (Lipinski definition) is 2. The molecule has 7 heteroatoms. The van der Waals surface area contributed by atoms with Gasteiger partial charge in [-0.1, -0.05) is 49.7 Å². The Morgan fingerprint density at radius 2 is 1.77 bits per heavy atom. The number of halogens is 1. The van der Waals surface area contributed by atoms with Gasteiger partial charge in [-0.25, -0.2) is 0 Å². The normalized spacial score (nSPS) is 11.6. The minimum absolute atomic E-state index is 0.117. The van der Waals surface area contributed by atoms with Crippen LogP contribution in [0.3, 0.4) is 0 Å². The van der Waals surface area contributed by atoms with Crippen LogP contribution in [0.25, 0.3) is 10.1 Å². The van der Waals surface area contributed by atoms with Crippen LogP contribution in [0.2, 0.25) is 5.02 Å². The Labute approximate surface area is 191 Å². The van der Waals surface area contributed by atoms with Gasteiger partial charge in [-0.2, -0.15) is 0 Å². The van der Waals surface area contributed by atoms with E-state index < -0.39 is 0 Å². The summed E-state index contributed by atoms with van der Waals surface area (Å²) in [5.41, 5.74) is 1.44. The summed E-state index contributed by atoms with van der Waals surface area (Å²) in [6.45, 7) is 9.86. The van der Waals surface area contributed by atoms with Crippen molar-refractivity contribution in [2.75, 3.05) is 11.9 Å². The van der Waals surface area contributed by atoms with E-state index in [0.717, 1.165) is 10.1 Å². The number of thiophene rings is 1. The molecule has 0 saturated heterocycles. The maximum Gasteiger partial charge on any atom is 0.263 e. The molecular formula is C24H27ClN2O3S. The third kappa shape index (κ3) is 5.77. The number of fused-ring (bicyclic) bond motifs is 1. The molecule has 0 fully saturated rings. The van der Waals surface area contributed by atoms with Crippen molar-refractivity contribution in [3.05, 3.63) is 57.9 Å². The molecule has 3 aromatic rings. The van der Waals surface area contributed by atoms with Gasteiger partial charge in [0.1, 0.15) is 10.6 Å². The maximum absolute atomic E-state index is 12.6. The van der Waals surface area contributed by atoms with E-state index in [4.69, 9.17) is 16.3 Å². The number of benzene rings is 2. The molecule has 0 aliphatic carbocycles. The first-order valence-corrected chi connectivity index (χ1v) is 11.3. The zero-order valence-corrected chi connectivity index (χ0v) is 19.9. The number of carbonyl (C=O) groups is 2. The van der Waals surface area contributed by atoms with E-state index in [1.165, 1.54) is 16.9 Å². The molecule has 164 valence electrons. The Bertz CT molecular complexity index is 1100. The number of amides is 2. The largest absolute Gasteiger partial charge is 0.484 e. The van der Waals surface area contributed by atoms with Crippen molar-refractivity contribution in [2.45, 2.75) is 46.1 Å². The average molecular weight is 459 g/mol. The van der Waals surface area contributed by atoms with Crippen molar-refractivity contribution in [1.29, 1.82) is 0 Å². The third-order valence-corrected chi connectivity index (χ3v) is 6.28. The van der Waals surface area contributed by atoms with Crippen molar-refractivity contribution in [3.63, 3.8) is 0 Å². The summed E-state index contributed by atoms with van der Waals surface area (Å²) in [7, 11) is 0. The standard InChI is InChI=1S/C24H27ClN2O3S/c1-14(2)15-9-11-16(12-10-15)30-13-19(28)26-18-8-6-7-17-20(25)22(31-21(17)18)23(29)27-24(3,4)5/h6-12,14H,13H2,1-5H3,(H,26,28)(H,27,29). The highest BCUT2D eigenvalue weighted by Gasteiger charge is 2.22. The maximum atomic E-state index is 12.6. The highest BCUT2D eigenvalue weighted by Crippen LogP contribution is 2.39. The second-order valence-electron chi connectivity index (χ2n) is 8.69. The lowest BCUT2D eigenvalue weighted by atomic mass is 10.0. The smallest absolute Gasteiger partial charge is 0.263 e. The first-order chi connectivity index (χ1) is 14.5. The fourth-order valence-electron chi connectivity index (χ4n) is 3.01. The lowest BCUT2D eigenvalue weighted by molar-refractivity contribution is -0.118. The van der Waals surface area contributed by atoms with Crippen molar-refractivity contribution in [2.24, 2.45) is 0 Å². The van der Waals surface area contributed by atoms with Crippen LogP contribution < -0.4 is 15.4 Å². The minimum atomic E-state index is -0.377. The van der Waals surface area contributed by atoms with Gasteiger partial charge in [0.05, 0.1) is 15.4 Å². The molecule has 2 aromatic carbocycles. The molecule has 1 aromatic heterocycles. The zero-order chi connectivity index (χ0) is 22.8. The van der Waals surface area contributed by atoms with Crippen LogP contribution in [0.5, 0.6) is 5.75 Å². The Kier molecular flexibility index (Phi) is 6.92. The van der Waals surface area contributed by atoms with Crippen LogP contribution in [-0.2, 0) is 4.79 Å². The Hall–Kier alpha value is -2.57. The van der Waals surface area contributed by atoms with E-state index in [1.807, 2.05) is 51.1 Å². The highest BCUT2D eigenvalue weighted by molar-refractivity contribution is 7.22. The van der Waals surface area contributed by atoms with Gasteiger partial charge in [-0.3, -0.25) is 9.59 Å². The number of nitrogens with one attached hydrogen (secondary N) is 2. The fraction of sp³-hybridized carbons (Fsp3) is 0.333. The molecule has 2 amide bonds. The molecule has 1 heterocycles. The number of anilines is 1. The van der Waals surface area contributed by atoms with Gasteiger partial charge in [0.25, 0.3) is 11.8 Å². The van der Waals surface area contributed by atoms with Gasteiger partial charge >= 0.3 is 0 Å². The lowest BCUT2D eigenvalue weighted by Crippen LogP contribution is -2.40. The van der Waals surface area contributed by atoms with Crippen LogP contribution in [0, 0.1) is 0 Å². The number of hydrogen-bond acceptors (Lipinski definition) is 4. The van der Waals surface area contributed by atoms with Crippen LogP contribution in [-0.4, -0.2) is 24.0 Å². The predicted molar refractivity (Wildman–Crippen MR) is 129 cm³/mol. The quantitative estimate of drug-likeness (QED) is 0.460. The van der Waals surface area contributed by atoms with Gasteiger partial charge in [-0.05, 0) is 50.5 Å². The Morgan fingerprint density at radius 3 is 2.39 bits per heavy atom. The van der Waals surface area contributed by atoms with E-state index >= 15 is 0 Å². The van der Waals surface area contributed by atoms with E-state index in [1.54, 1.807) is 12.1 Å². The molecule has 0 spiro atoms. The fourth-order valence-corrected chi connectivity index (χ4v) is 4.49. The second kappa shape index (κ2) is 9.28. The lowest BCUT2D eigenvalue weighted by Gasteiger charge is -2.19. The van der Waals surface area contributed by atoms with E-state index in [2.05, 4.69) is 24.5 Å². The molecular weight excluding hydrogens is 432 g/mol. The van der Waals surface area contributed by atoms with Crippen LogP contribution in [0.4, 0.5) is 5.69 Å². The molecule has 0 bridgehead atoms. The monoisotopic (exact) mass is 458 g/mol. The second-order valence-corrected chi connectivity index (χ2v) is 10.1. The molecule has 0 saturated carbocycles. The highest BCUT2D eigenvalue weighted by atomic mass is 35.5. The average Bonchev–Trinajstić information content (AvgIpc) is 3.03. The molecule has 0 unspecified atom stereocenters. The Balaban J connectivity index is 1.73. The minimum Gasteiger partial charge on any atom is -0.484 e. The summed E-state index contributed by atoms with van der Waals surface area (Å²) in [6.07, 6.45) is 0. The van der Waals surface area contributed by atoms with E-state index in [-0.39, 0.29) is 24.0 Å². The number of rotatable bonds is 6. The first kappa shape index (κ1) is 23.1. The zero-order valence-electron chi connectivity index (χ0n) is 18.3. The molecule has 3 rings (SSSR count). The van der Waals surface area contributed by atoms with Crippen LogP contribution in [0.1, 0.15) is 55.8 Å². The van der Waals surface area contributed by atoms with Gasteiger partial charge in [0, 0.05) is 10.9 Å². The van der Waals surface area contributed by atoms with Gasteiger partial charge in [0.15, 0.2) is 6.61 Å². The molecule has 0 aliphatic heterocycles. The molecule has 0 aliphatic rings. The molecule has 0 radical (unpaired) electrons. The molecule has 5 nitrogen and oxygen atoms in total. The molecule has 31 heavy (non-hydrogen) atoms. The summed E-state index contributed by atoms with van der Waals surface area (Å²) in [5, 5.41) is 6.91. The first-order valence-electron chi connectivity index (χ1n) is 10.1. The summed E-state index contributed by atoms with van der Waals surface area (Å²) in [6, 6.07) is 13.1. The summed E-state index contributed by atoms with van der Waals surface area (Å²) >= 11 is 7.74. The molecule has 2 N–H and O–H groups in total. The van der Waals surface area contributed by atoms with Crippen LogP contribution in [0.15, 0.2) is 42.5 Å². The predicted octanol–water partition coefficient (Wildman–Crippen LogP) is 6.22. The summed E-state index contributed by atoms with van der Waals surface area (Å²) in [5.74, 6) is 0.554. The number of ether oxygens (including phenoxy) is 1. The topological polar surface area (TPSA) is 67.4 Å². The van der Waals surface area contributed by atoms with Crippen molar-refractivity contribution in [3.8, 4) is 5.75 Å². The van der Waals surface area contributed by atoms with E-state index in [0.29, 0.717) is 27.3 Å². The van der Waals surface area contributed by atoms with Crippen LogP contribution >= 0.6 is 22.9 Å². The Morgan fingerprint density at radius 1 is 1.10 bits per heavy atom. The number of carbonyl (C=O) groups excluding carboxylic acids is 2.